The smallest absolute Gasteiger partial charge is 0.223 e. The number of aryl methyl sites for hydroxylation is 2. The zero-order chi connectivity index (χ0) is 26.3. The first kappa shape index (κ1) is 25.1. The Morgan fingerprint density at radius 3 is 2.86 bits per heavy atom. The molecule has 1 unspecified atom stereocenters. The van der Waals surface area contributed by atoms with E-state index in [1.165, 1.54) is 18.5 Å². The molecule has 1 aliphatic heterocycles. The van der Waals surface area contributed by atoms with Gasteiger partial charge in [-0.1, -0.05) is 23.7 Å². The van der Waals surface area contributed by atoms with Crippen molar-refractivity contribution in [1.29, 1.82) is 0 Å². The maximum absolute atomic E-state index is 14.4. The van der Waals surface area contributed by atoms with E-state index >= 15 is 0 Å². The molecule has 2 aromatic heterocycles. The fourth-order valence-corrected chi connectivity index (χ4v) is 5.15. The Balaban J connectivity index is 1.51. The Labute approximate surface area is 218 Å². The van der Waals surface area contributed by atoms with Crippen LogP contribution >= 0.6 is 11.6 Å². The fraction of sp³-hybridized carbons (Fsp3) is 0.333. The molecular weight excluding hydrogens is 497 g/mol. The molecule has 3 heterocycles. The largest absolute Gasteiger partial charge is 0.487 e. The van der Waals surface area contributed by atoms with E-state index in [4.69, 9.17) is 21.3 Å². The molecule has 10 heteroatoms. The highest BCUT2D eigenvalue weighted by molar-refractivity contribution is 6.31. The topological polar surface area (TPSA) is 93.4 Å². The van der Waals surface area contributed by atoms with Crippen LogP contribution in [-0.2, 0) is 18.4 Å². The Hall–Kier alpha value is -3.56. The van der Waals surface area contributed by atoms with Crippen LogP contribution in [0.15, 0.2) is 42.7 Å². The van der Waals surface area contributed by atoms with Gasteiger partial charge in [0.25, 0.3) is 0 Å². The summed E-state index contributed by atoms with van der Waals surface area (Å²) < 4.78 is 22.4. The average Bonchev–Trinajstić information content (AvgIpc) is 3.29. The highest BCUT2D eigenvalue weighted by atomic mass is 35.5. The first-order valence-electron chi connectivity index (χ1n) is 12.1. The van der Waals surface area contributed by atoms with Crippen molar-refractivity contribution in [2.24, 2.45) is 7.05 Å². The van der Waals surface area contributed by atoms with Crippen molar-refractivity contribution < 1.29 is 19.0 Å². The summed E-state index contributed by atoms with van der Waals surface area (Å²) in [5, 5.41) is 15.4. The minimum atomic E-state index is -0.614. The predicted molar refractivity (Wildman–Crippen MR) is 138 cm³/mol. The SMILES string of the molecule is Cc1cc(-c2ncnn2C)c2cccc(OCc3c(Cl)cc(F)cc3[C@H](C)N3CC(O)CCC3=O)c2n1. The van der Waals surface area contributed by atoms with Gasteiger partial charge in [0, 0.05) is 42.2 Å². The second kappa shape index (κ2) is 10.1. The van der Waals surface area contributed by atoms with Crippen LogP contribution in [0.3, 0.4) is 0 Å². The minimum absolute atomic E-state index is 0.0391. The highest BCUT2D eigenvalue weighted by Gasteiger charge is 2.30. The summed E-state index contributed by atoms with van der Waals surface area (Å²) >= 11 is 6.50. The summed E-state index contributed by atoms with van der Waals surface area (Å²) in [6, 6.07) is 9.71. The lowest BCUT2D eigenvalue weighted by atomic mass is 9.97. The second-order valence-corrected chi connectivity index (χ2v) is 9.74. The third kappa shape index (κ3) is 4.89. The van der Waals surface area contributed by atoms with Crippen molar-refractivity contribution in [3.8, 4) is 17.1 Å². The van der Waals surface area contributed by atoms with E-state index in [0.29, 0.717) is 34.6 Å². The van der Waals surface area contributed by atoms with Crippen molar-refractivity contribution in [1.82, 2.24) is 24.6 Å². The van der Waals surface area contributed by atoms with Crippen molar-refractivity contribution in [2.75, 3.05) is 6.54 Å². The number of aliphatic hydroxyl groups excluding tert-OH is 1. The molecule has 192 valence electrons. The molecule has 1 fully saturated rings. The number of carbonyl (C=O) groups excluding carboxylic acids is 1. The van der Waals surface area contributed by atoms with Crippen molar-refractivity contribution >= 4 is 28.4 Å². The van der Waals surface area contributed by atoms with E-state index in [9.17, 15) is 14.3 Å². The maximum Gasteiger partial charge on any atom is 0.223 e. The van der Waals surface area contributed by atoms with Gasteiger partial charge in [-0.3, -0.25) is 4.79 Å². The van der Waals surface area contributed by atoms with E-state index in [2.05, 4.69) is 10.1 Å². The number of rotatable bonds is 6. The number of benzene rings is 2. The molecule has 0 bridgehead atoms. The molecular formula is C27H27ClFN5O3. The molecule has 37 heavy (non-hydrogen) atoms. The van der Waals surface area contributed by atoms with Crippen LogP contribution in [0.2, 0.25) is 5.02 Å². The van der Waals surface area contributed by atoms with E-state index in [-0.39, 0.29) is 30.5 Å². The standard InChI is InChI=1S/C27H27ClFN5O3/c1-15-9-21(27-30-14-31-33(27)3)19-5-4-6-24(26(19)32-15)37-13-22-20(10-17(29)11-23(22)28)16(2)34-12-18(35)7-8-25(34)36/h4-6,9-11,14,16,18,35H,7-8,12-13H2,1-3H3/t16-,18?/m0/s1. The quantitative estimate of drug-likeness (QED) is 0.392. The number of likely N-dealkylation sites (tertiary alicyclic amines) is 1. The van der Waals surface area contributed by atoms with E-state index < -0.39 is 18.0 Å². The average molecular weight is 524 g/mol. The number of nitrogens with zero attached hydrogens (tertiary/aromatic N) is 5. The molecule has 0 saturated carbocycles. The molecule has 5 rings (SSSR count). The Kier molecular flexibility index (Phi) is 6.83. The maximum atomic E-state index is 14.4. The monoisotopic (exact) mass is 523 g/mol. The van der Waals surface area contributed by atoms with Crippen LogP contribution in [0.5, 0.6) is 5.75 Å². The number of β-amino-alcohol motifs (C(OH)–C–C–N with tert-alkyl or cyclic N) is 1. The number of pyridine rings is 1. The van der Waals surface area contributed by atoms with E-state index in [1.54, 1.807) is 16.5 Å². The van der Waals surface area contributed by atoms with Gasteiger partial charge in [0.05, 0.1) is 17.2 Å². The van der Waals surface area contributed by atoms with Gasteiger partial charge in [-0.05, 0) is 50.1 Å². The number of aliphatic hydroxyl groups is 1. The number of para-hydroxylation sites is 1. The summed E-state index contributed by atoms with van der Waals surface area (Å²) in [6.45, 7) is 3.93. The summed E-state index contributed by atoms with van der Waals surface area (Å²) in [5.74, 6) is 0.651. The Morgan fingerprint density at radius 2 is 2.11 bits per heavy atom. The number of hydrogen-bond acceptors (Lipinski definition) is 6. The summed E-state index contributed by atoms with van der Waals surface area (Å²) in [6.07, 6.45) is 1.56. The van der Waals surface area contributed by atoms with Gasteiger partial charge in [0.1, 0.15) is 30.0 Å². The molecule has 0 radical (unpaired) electrons. The molecule has 2 atom stereocenters. The van der Waals surface area contributed by atoms with Gasteiger partial charge in [-0.2, -0.15) is 5.10 Å². The molecule has 4 aromatic rings. The van der Waals surface area contributed by atoms with E-state index in [0.717, 1.165) is 16.6 Å². The molecule has 1 N–H and O–H groups in total. The predicted octanol–water partition coefficient (Wildman–Crippen LogP) is 4.75. The number of aromatic nitrogens is 4. The van der Waals surface area contributed by atoms with Gasteiger partial charge in [0.15, 0.2) is 5.82 Å². The zero-order valence-corrected chi connectivity index (χ0v) is 21.5. The molecule has 0 spiro atoms. The van der Waals surface area contributed by atoms with Crippen LogP contribution in [0.4, 0.5) is 4.39 Å². The molecule has 8 nitrogen and oxygen atoms in total. The first-order chi connectivity index (χ1) is 17.7. The number of carbonyl (C=O) groups is 1. The Bertz CT molecular complexity index is 1490. The third-order valence-corrected chi connectivity index (χ3v) is 7.12. The molecule has 1 amide bonds. The van der Waals surface area contributed by atoms with Gasteiger partial charge < -0.3 is 14.7 Å². The number of ether oxygens (including phenoxy) is 1. The summed E-state index contributed by atoms with van der Waals surface area (Å²) in [7, 11) is 1.83. The molecule has 1 aliphatic rings. The van der Waals surface area contributed by atoms with Gasteiger partial charge in [-0.25, -0.2) is 19.0 Å². The lowest BCUT2D eigenvalue weighted by Gasteiger charge is -2.36. The fourth-order valence-electron chi connectivity index (χ4n) is 4.89. The van der Waals surface area contributed by atoms with Gasteiger partial charge in [0.2, 0.25) is 5.91 Å². The number of halogens is 2. The van der Waals surface area contributed by atoms with Crippen LogP contribution in [0.1, 0.15) is 42.6 Å². The van der Waals surface area contributed by atoms with Crippen molar-refractivity contribution in [2.45, 2.75) is 45.4 Å². The first-order valence-corrected chi connectivity index (χ1v) is 12.4. The third-order valence-electron chi connectivity index (χ3n) is 6.79. The normalized spacial score (nSPS) is 16.9. The van der Waals surface area contributed by atoms with E-state index in [1.807, 2.05) is 38.2 Å². The van der Waals surface area contributed by atoms with Gasteiger partial charge in [-0.15, -0.1) is 0 Å². The van der Waals surface area contributed by atoms with Crippen molar-refractivity contribution in [3.05, 3.63) is 70.4 Å². The summed E-state index contributed by atoms with van der Waals surface area (Å²) in [4.78, 5) is 23.3. The lowest BCUT2D eigenvalue weighted by molar-refractivity contribution is -0.139. The van der Waals surface area contributed by atoms with Crippen LogP contribution in [0.25, 0.3) is 22.3 Å². The summed E-state index contributed by atoms with van der Waals surface area (Å²) in [5.41, 5.74) is 3.43. The molecule has 1 saturated heterocycles. The second-order valence-electron chi connectivity index (χ2n) is 9.33. The molecule has 2 aromatic carbocycles. The van der Waals surface area contributed by atoms with Crippen LogP contribution < -0.4 is 4.74 Å². The number of piperidine rings is 1. The number of hydrogen-bond donors (Lipinski definition) is 1. The minimum Gasteiger partial charge on any atom is -0.487 e. The molecule has 0 aliphatic carbocycles. The number of fused-ring (bicyclic) bond motifs is 1. The Morgan fingerprint density at radius 1 is 1.30 bits per heavy atom. The van der Waals surface area contributed by atoms with Gasteiger partial charge >= 0.3 is 0 Å². The number of amides is 1. The zero-order valence-electron chi connectivity index (χ0n) is 20.8. The van der Waals surface area contributed by atoms with Crippen molar-refractivity contribution in [3.63, 3.8) is 0 Å². The van der Waals surface area contributed by atoms with Crippen LogP contribution in [-0.4, -0.2) is 48.3 Å². The highest BCUT2D eigenvalue weighted by Crippen LogP contribution is 2.35. The van der Waals surface area contributed by atoms with Crippen LogP contribution in [0, 0.1) is 12.7 Å². The lowest BCUT2D eigenvalue weighted by Crippen LogP contribution is -2.44.